The van der Waals surface area contributed by atoms with Crippen LogP contribution in [0.25, 0.3) is 11.4 Å². The van der Waals surface area contributed by atoms with Crippen molar-refractivity contribution in [3.8, 4) is 11.4 Å². The van der Waals surface area contributed by atoms with Crippen LogP contribution < -0.4 is 5.32 Å². The zero-order chi connectivity index (χ0) is 17.2. The summed E-state index contributed by atoms with van der Waals surface area (Å²) in [4.78, 5) is 19.0. The summed E-state index contributed by atoms with van der Waals surface area (Å²) in [6, 6.07) is 8.51. The first-order chi connectivity index (χ1) is 12.2. The predicted octanol–water partition coefficient (Wildman–Crippen LogP) is 2.54. The average Bonchev–Trinajstić information content (AvgIpc) is 3.32. The summed E-state index contributed by atoms with van der Waals surface area (Å²) >= 11 is 0. The summed E-state index contributed by atoms with van der Waals surface area (Å²) in [5.74, 6) is 1.51. The third-order valence-corrected chi connectivity index (χ3v) is 4.94. The Morgan fingerprint density at radius 1 is 1.28 bits per heavy atom. The number of aryl methyl sites for hydroxylation is 1. The fraction of sp³-hybridized carbons (Fsp3) is 0.526. The fourth-order valence-electron chi connectivity index (χ4n) is 3.29. The quantitative estimate of drug-likeness (QED) is 0.906. The van der Waals surface area contributed by atoms with Crippen LogP contribution in [-0.4, -0.2) is 40.1 Å². The van der Waals surface area contributed by atoms with Gasteiger partial charge >= 0.3 is 0 Å². The zero-order valence-electron chi connectivity index (χ0n) is 14.6. The maximum atomic E-state index is 12.3. The van der Waals surface area contributed by atoms with E-state index in [0.717, 1.165) is 44.3 Å². The summed E-state index contributed by atoms with van der Waals surface area (Å²) in [5.41, 5.74) is 2.16. The van der Waals surface area contributed by atoms with Crippen LogP contribution in [0.2, 0.25) is 0 Å². The minimum absolute atomic E-state index is 0.0776. The number of carbonyl (C=O) groups excluding carboxylic acids is 1. The van der Waals surface area contributed by atoms with Crippen LogP contribution in [0.1, 0.15) is 37.1 Å². The molecule has 2 aliphatic rings. The maximum Gasteiger partial charge on any atom is 0.241 e. The Labute approximate surface area is 147 Å². The highest BCUT2D eigenvalue weighted by molar-refractivity contribution is 5.79. The van der Waals surface area contributed by atoms with Gasteiger partial charge in [-0.3, -0.25) is 9.69 Å². The SMILES string of the molecule is Cc1ccc(-c2noc(CN3CCCC(C(=O)NC4CC4)C3)n2)cc1. The highest BCUT2D eigenvalue weighted by Crippen LogP contribution is 2.23. The molecule has 4 rings (SSSR count). The summed E-state index contributed by atoms with van der Waals surface area (Å²) < 4.78 is 5.42. The number of benzene rings is 1. The Kier molecular flexibility index (Phi) is 4.53. The van der Waals surface area contributed by atoms with Gasteiger partial charge < -0.3 is 9.84 Å². The number of aromatic nitrogens is 2. The molecular weight excluding hydrogens is 316 g/mol. The minimum atomic E-state index is 0.0776. The number of nitrogens with one attached hydrogen (secondary N) is 1. The van der Waals surface area contributed by atoms with Gasteiger partial charge in [0.2, 0.25) is 17.6 Å². The molecule has 2 fully saturated rings. The third kappa shape index (κ3) is 4.07. The highest BCUT2D eigenvalue weighted by atomic mass is 16.5. The Morgan fingerprint density at radius 2 is 2.08 bits per heavy atom. The Balaban J connectivity index is 1.36. The molecule has 1 aromatic heterocycles. The van der Waals surface area contributed by atoms with Crippen LogP contribution in [0.3, 0.4) is 0 Å². The maximum absolute atomic E-state index is 12.3. The number of nitrogens with zero attached hydrogens (tertiary/aromatic N) is 3. The number of piperidine rings is 1. The van der Waals surface area contributed by atoms with Crippen LogP contribution in [0.4, 0.5) is 0 Å². The van der Waals surface area contributed by atoms with Crippen LogP contribution >= 0.6 is 0 Å². The molecule has 1 saturated carbocycles. The Morgan fingerprint density at radius 3 is 2.84 bits per heavy atom. The lowest BCUT2D eigenvalue weighted by molar-refractivity contribution is -0.127. The average molecular weight is 340 g/mol. The molecule has 132 valence electrons. The van der Waals surface area contributed by atoms with Crippen molar-refractivity contribution in [1.29, 1.82) is 0 Å². The number of carbonyl (C=O) groups is 1. The van der Waals surface area contributed by atoms with E-state index in [4.69, 9.17) is 4.52 Å². The van der Waals surface area contributed by atoms with Gasteiger partial charge in [0.1, 0.15) is 0 Å². The van der Waals surface area contributed by atoms with E-state index in [1.165, 1.54) is 5.56 Å². The monoisotopic (exact) mass is 340 g/mol. The number of likely N-dealkylation sites (tertiary alicyclic amines) is 1. The van der Waals surface area contributed by atoms with E-state index in [1.54, 1.807) is 0 Å². The van der Waals surface area contributed by atoms with Crippen molar-refractivity contribution in [1.82, 2.24) is 20.4 Å². The number of rotatable bonds is 5. The van der Waals surface area contributed by atoms with Gasteiger partial charge in [0, 0.05) is 18.2 Å². The van der Waals surface area contributed by atoms with Crippen molar-refractivity contribution in [3.63, 3.8) is 0 Å². The van der Waals surface area contributed by atoms with Gasteiger partial charge in [-0.05, 0) is 39.2 Å². The second-order valence-electron chi connectivity index (χ2n) is 7.23. The van der Waals surface area contributed by atoms with E-state index in [1.807, 2.05) is 24.3 Å². The second kappa shape index (κ2) is 6.96. The van der Waals surface area contributed by atoms with Crippen LogP contribution in [0.15, 0.2) is 28.8 Å². The van der Waals surface area contributed by atoms with Crippen molar-refractivity contribution in [2.24, 2.45) is 5.92 Å². The first-order valence-corrected chi connectivity index (χ1v) is 9.10. The molecule has 6 heteroatoms. The number of hydrogen-bond acceptors (Lipinski definition) is 5. The molecule has 25 heavy (non-hydrogen) atoms. The van der Waals surface area contributed by atoms with Crippen molar-refractivity contribution < 1.29 is 9.32 Å². The van der Waals surface area contributed by atoms with Crippen molar-refractivity contribution in [2.75, 3.05) is 13.1 Å². The highest BCUT2D eigenvalue weighted by Gasteiger charge is 2.30. The smallest absolute Gasteiger partial charge is 0.241 e. The summed E-state index contributed by atoms with van der Waals surface area (Å²) in [7, 11) is 0. The van der Waals surface area contributed by atoms with E-state index < -0.39 is 0 Å². The van der Waals surface area contributed by atoms with Gasteiger partial charge in [-0.25, -0.2) is 0 Å². The summed E-state index contributed by atoms with van der Waals surface area (Å²) in [5, 5.41) is 7.21. The molecule has 1 aromatic carbocycles. The van der Waals surface area contributed by atoms with Gasteiger partial charge in [-0.1, -0.05) is 35.0 Å². The summed E-state index contributed by atoms with van der Waals surface area (Å²) in [6.45, 7) is 4.39. The molecule has 1 saturated heterocycles. The molecule has 1 amide bonds. The van der Waals surface area contributed by atoms with Gasteiger partial charge in [0.25, 0.3) is 0 Å². The Bertz CT molecular complexity index is 736. The molecule has 1 unspecified atom stereocenters. The van der Waals surface area contributed by atoms with Crippen LogP contribution in [-0.2, 0) is 11.3 Å². The first-order valence-electron chi connectivity index (χ1n) is 9.10. The van der Waals surface area contributed by atoms with E-state index >= 15 is 0 Å². The van der Waals surface area contributed by atoms with Gasteiger partial charge in [0.15, 0.2) is 0 Å². The normalized spacial score (nSPS) is 21.2. The molecule has 6 nitrogen and oxygen atoms in total. The predicted molar refractivity (Wildman–Crippen MR) is 93.6 cm³/mol. The van der Waals surface area contributed by atoms with Crippen molar-refractivity contribution in [2.45, 2.75) is 45.2 Å². The van der Waals surface area contributed by atoms with Crippen molar-refractivity contribution >= 4 is 5.91 Å². The van der Waals surface area contributed by atoms with Crippen LogP contribution in [0, 0.1) is 12.8 Å². The molecule has 0 bridgehead atoms. The Hall–Kier alpha value is -2.21. The van der Waals surface area contributed by atoms with Gasteiger partial charge in [-0.15, -0.1) is 0 Å². The largest absolute Gasteiger partial charge is 0.353 e. The van der Waals surface area contributed by atoms with E-state index in [9.17, 15) is 4.79 Å². The van der Waals surface area contributed by atoms with E-state index in [2.05, 4.69) is 27.3 Å². The fourth-order valence-corrected chi connectivity index (χ4v) is 3.29. The second-order valence-corrected chi connectivity index (χ2v) is 7.23. The molecule has 1 aliphatic heterocycles. The van der Waals surface area contributed by atoms with Gasteiger partial charge in [-0.2, -0.15) is 4.98 Å². The standard InChI is InChI=1S/C19H24N4O2/c1-13-4-6-14(7-5-13)18-21-17(25-22-18)12-23-10-2-3-15(11-23)19(24)20-16-8-9-16/h4-7,15-16H,2-3,8-12H2,1H3,(H,20,24). The lowest BCUT2D eigenvalue weighted by Crippen LogP contribution is -2.43. The molecule has 1 N–H and O–H groups in total. The lowest BCUT2D eigenvalue weighted by atomic mass is 9.97. The molecule has 1 aliphatic carbocycles. The molecular formula is C19H24N4O2. The van der Waals surface area contributed by atoms with E-state index in [-0.39, 0.29) is 11.8 Å². The van der Waals surface area contributed by atoms with Gasteiger partial charge in [0.05, 0.1) is 12.5 Å². The van der Waals surface area contributed by atoms with Crippen molar-refractivity contribution in [3.05, 3.63) is 35.7 Å². The lowest BCUT2D eigenvalue weighted by Gasteiger charge is -2.30. The van der Waals surface area contributed by atoms with Crippen LogP contribution in [0.5, 0.6) is 0 Å². The first kappa shape index (κ1) is 16.3. The number of amides is 1. The molecule has 2 aromatic rings. The number of hydrogen-bond donors (Lipinski definition) is 1. The minimum Gasteiger partial charge on any atom is -0.353 e. The molecule has 0 spiro atoms. The zero-order valence-corrected chi connectivity index (χ0v) is 14.6. The topological polar surface area (TPSA) is 71.3 Å². The van der Waals surface area contributed by atoms with E-state index in [0.29, 0.717) is 24.3 Å². The molecule has 2 heterocycles. The molecule has 1 atom stereocenters. The third-order valence-electron chi connectivity index (χ3n) is 4.94. The molecule has 0 radical (unpaired) electrons. The summed E-state index contributed by atoms with van der Waals surface area (Å²) in [6.07, 6.45) is 4.26.